The fraction of sp³-hybridized carbons (Fsp3) is 0.143. The third kappa shape index (κ3) is 3.50. The average Bonchev–Trinajstić information content (AvgIpc) is 2.43. The monoisotopic (exact) mass is 295 g/mol. The summed E-state index contributed by atoms with van der Waals surface area (Å²) < 4.78 is 39.7. The molecule has 110 valence electrons. The van der Waals surface area contributed by atoms with Gasteiger partial charge < -0.3 is 10.6 Å². The van der Waals surface area contributed by atoms with E-state index in [2.05, 4.69) is 10.3 Å². The minimum absolute atomic E-state index is 0.0171. The molecule has 1 aromatic carbocycles. The Morgan fingerprint density at radius 3 is 2.48 bits per heavy atom. The average molecular weight is 295 g/mol. The van der Waals surface area contributed by atoms with E-state index in [9.17, 15) is 18.0 Å². The smallest absolute Gasteiger partial charge is 0.274 e. The van der Waals surface area contributed by atoms with Gasteiger partial charge in [0.05, 0.1) is 0 Å². The Bertz CT molecular complexity index is 653. The summed E-state index contributed by atoms with van der Waals surface area (Å²) in [6.45, 7) is 2.52. The van der Waals surface area contributed by atoms with Gasteiger partial charge in [0.2, 0.25) is 0 Å². The highest BCUT2D eigenvalue weighted by molar-refractivity contribution is 6.03. The number of carbonyl (C=O) groups excluding carboxylic acids is 1. The summed E-state index contributed by atoms with van der Waals surface area (Å²) >= 11 is 0. The molecule has 7 heteroatoms. The van der Waals surface area contributed by atoms with E-state index in [4.69, 9.17) is 0 Å². The topological polar surface area (TPSA) is 54.0 Å². The Hall–Kier alpha value is -2.57. The van der Waals surface area contributed by atoms with E-state index in [1.807, 2.05) is 12.2 Å². The second kappa shape index (κ2) is 6.25. The van der Waals surface area contributed by atoms with Crippen molar-refractivity contribution in [2.45, 2.75) is 6.92 Å². The van der Waals surface area contributed by atoms with Gasteiger partial charge in [-0.25, -0.2) is 13.2 Å². The SMILES string of the molecule is CCNc1ccnc(C(=O)Nc2c(F)cc(F)cc2F)c1. The fourth-order valence-corrected chi connectivity index (χ4v) is 1.71. The highest BCUT2D eigenvalue weighted by Gasteiger charge is 2.16. The predicted octanol–water partition coefficient (Wildman–Crippen LogP) is 3.18. The molecular formula is C14H12F3N3O. The molecule has 1 heterocycles. The maximum atomic E-state index is 13.5. The minimum atomic E-state index is -1.19. The van der Waals surface area contributed by atoms with Crippen LogP contribution in [-0.2, 0) is 0 Å². The molecule has 1 aromatic heterocycles. The Kier molecular flexibility index (Phi) is 4.42. The van der Waals surface area contributed by atoms with Gasteiger partial charge in [-0.3, -0.25) is 9.78 Å². The highest BCUT2D eigenvalue weighted by atomic mass is 19.1. The summed E-state index contributed by atoms with van der Waals surface area (Å²) in [5.74, 6) is -4.23. The Morgan fingerprint density at radius 2 is 1.86 bits per heavy atom. The van der Waals surface area contributed by atoms with Crippen molar-refractivity contribution in [3.8, 4) is 0 Å². The number of anilines is 2. The van der Waals surface area contributed by atoms with Gasteiger partial charge in [-0.15, -0.1) is 0 Å². The molecule has 0 atom stereocenters. The number of rotatable bonds is 4. The van der Waals surface area contributed by atoms with Gasteiger partial charge in [0.15, 0.2) is 11.6 Å². The van der Waals surface area contributed by atoms with Crippen LogP contribution in [0, 0.1) is 17.5 Å². The van der Waals surface area contributed by atoms with Crippen LogP contribution < -0.4 is 10.6 Å². The van der Waals surface area contributed by atoms with Gasteiger partial charge >= 0.3 is 0 Å². The zero-order valence-corrected chi connectivity index (χ0v) is 11.1. The zero-order chi connectivity index (χ0) is 15.4. The molecule has 0 spiro atoms. The molecule has 0 aliphatic rings. The molecule has 2 N–H and O–H groups in total. The van der Waals surface area contributed by atoms with E-state index in [1.165, 1.54) is 12.3 Å². The van der Waals surface area contributed by atoms with Crippen LogP contribution in [0.1, 0.15) is 17.4 Å². The van der Waals surface area contributed by atoms with Crippen LogP contribution in [0.5, 0.6) is 0 Å². The molecule has 0 saturated heterocycles. The van der Waals surface area contributed by atoms with E-state index in [0.717, 1.165) is 0 Å². The number of pyridine rings is 1. The van der Waals surface area contributed by atoms with Gasteiger partial charge in [-0.2, -0.15) is 0 Å². The largest absolute Gasteiger partial charge is 0.385 e. The lowest BCUT2D eigenvalue weighted by atomic mass is 10.2. The molecule has 0 bridgehead atoms. The van der Waals surface area contributed by atoms with E-state index < -0.39 is 29.0 Å². The van der Waals surface area contributed by atoms with Crippen molar-refractivity contribution in [3.63, 3.8) is 0 Å². The van der Waals surface area contributed by atoms with Gasteiger partial charge in [-0.05, 0) is 19.1 Å². The first-order valence-electron chi connectivity index (χ1n) is 6.17. The lowest BCUT2D eigenvalue weighted by Gasteiger charge is -2.08. The van der Waals surface area contributed by atoms with Crippen molar-refractivity contribution in [2.24, 2.45) is 0 Å². The molecule has 2 aromatic rings. The molecule has 0 saturated carbocycles. The molecule has 21 heavy (non-hydrogen) atoms. The van der Waals surface area contributed by atoms with Crippen LogP contribution in [0.4, 0.5) is 24.5 Å². The number of carbonyl (C=O) groups is 1. The summed E-state index contributed by atoms with van der Waals surface area (Å²) in [6, 6.07) is 4.07. The molecule has 0 unspecified atom stereocenters. The molecule has 4 nitrogen and oxygen atoms in total. The number of halogens is 3. The van der Waals surface area contributed by atoms with E-state index in [-0.39, 0.29) is 5.69 Å². The first-order chi connectivity index (χ1) is 10.0. The lowest BCUT2D eigenvalue weighted by Crippen LogP contribution is -2.16. The van der Waals surface area contributed by atoms with E-state index in [0.29, 0.717) is 24.4 Å². The number of hydrogen-bond acceptors (Lipinski definition) is 3. The molecule has 0 fully saturated rings. The fourth-order valence-electron chi connectivity index (χ4n) is 1.71. The summed E-state index contributed by atoms with van der Waals surface area (Å²) in [7, 11) is 0. The van der Waals surface area contributed by atoms with Gasteiger partial charge in [0, 0.05) is 30.6 Å². The quantitative estimate of drug-likeness (QED) is 0.911. The molecule has 0 aliphatic carbocycles. The molecule has 0 aliphatic heterocycles. The van der Waals surface area contributed by atoms with Crippen molar-refractivity contribution < 1.29 is 18.0 Å². The minimum Gasteiger partial charge on any atom is -0.385 e. The highest BCUT2D eigenvalue weighted by Crippen LogP contribution is 2.21. The first-order valence-corrected chi connectivity index (χ1v) is 6.17. The number of aromatic nitrogens is 1. The molecule has 0 radical (unpaired) electrons. The van der Waals surface area contributed by atoms with Crippen molar-refractivity contribution in [1.29, 1.82) is 0 Å². The van der Waals surface area contributed by atoms with Crippen LogP contribution in [-0.4, -0.2) is 17.4 Å². The summed E-state index contributed by atoms with van der Waals surface area (Å²) in [5, 5.41) is 5.02. The zero-order valence-electron chi connectivity index (χ0n) is 11.1. The Labute approximate surface area is 119 Å². The van der Waals surface area contributed by atoms with Crippen LogP contribution in [0.3, 0.4) is 0 Å². The maximum Gasteiger partial charge on any atom is 0.274 e. The summed E-state index contributed by atoms with van der Waals surface area (Å²) in [6.07, 6.45) is 1.39. The van der Waals surface area contributed by atoms with Gasteiger partial charge in [-0.1, -0.05) is 0 Å². The van der Waals surface area contributed by atoms with Crippen LogP contribution in [0.15, 0.2) is 30.5 Å². The number of nitrogens with zero attached hydrogens (tertiary/aromatic N) is 1. The van der Waals surface area contributed by atoms with Gasteiger partial charge in [0.25, 0.3) is 5.91 Å². The van der Waals surface area contributed by atoms with Gasteiger partial charge in [0.1, 0.15) is 17.2 Å². The normalized spacial score (nSPS) is 10.3. The van der Waals surface area contributed by atoms with Crippen LogP contribution in [0.25, 0.3) is 0 Å². The summed E-state index contributed by atoms with van der Waals surface area (Å²) in [4.78, 5) is 15.8. The maximum absolute atomic E-state index is 13.5. The molecule has 1 amide bonds. The van der Waals surface area contributed by atoms with E-state index in [1.54, 1.807) is 6.07 Å². The predicted molar refractivity (Wildman–Crippen MR) is 72.7 cm³/mol. The number of benzene rings is 1. The van der Waals surface area contributed by atoms with Crippen molar-refractivity contribution in [3.05, 3.63) is 53.6 Å². The van der Waals surface area contributed by atoms with Crippen LogP contribution >= 0.6 is 0 Å². The Balaban J connectivity index is 2.24. The lowest BCUT2D eigenvalue weighted by molar-refractivity contribution is 0.102. The van der Waals surface area contributed by atoms with Crippen molar-refractivity contribution in [1.82, 2.24) is 4.98 Å². The van der Waals surface area contributed by atoms with Crippen molar-refractivity contribution in [2.75, 3.05) is 17.2 Å². The Morgan fingerprint density at radius 1 is 1.19 bits per heavy atom. The molecular weight excluding hydrogens is 283 g/mol. The van der Waals surface area contributed by atoms with E-state index >= 15 is 0 Å². The second-order valence-electron chi connectivity index (χ2n) is 4.16. The first kappa shape index (κ1) is 14.8. The van der Waals surface area contributed by atoms with Crippen molar-refractivity contribution >= 4 is 17.3 Å². The third-order valence-corrected chi connectivity index (χ3v) is 2.62. The van der Waals surface area contributed by atoms with Crippen LogP contribution in [0.2, 0.25) is 0 Å². The summed E-state index contributed by atoms with van der Waals surface area (Å²) in [5.41, 5.74) is -0.0775. The standard InChI is InChI=1S/C14H12F3N3O/c1-2-18-9-3-4-19-12(7-9)14(21)20-13-10(16)5-8(15)6-11(13)17/h3-7H,2H2,1H3,(H,18,19)(H,20,21). The number of nitrogens with one attached hydrogen (secondary N) is 2. The molecule has 2 rings (SSSR count). The second-order valence-corrected chi connectivity index (χ2v) is 4.16. The third-order valence-electron chi connectivity index (χ3n) is 2.62. The number of amides is 1. The number of hydrogen-bond donors (Lipinski definition) is 2.